The molecule has 3 heteroatoms. The summed E-state index contributed by atoms with van der Waals surface area (Å²) >= 11 is 0. The lowest BCUT2D eigenvalue weighted by atomic mass is 9.98. The van der Waals surface area contributed by atoms with E-state index in [2.05, 4.69) is 26.0 Å². The van der Waals surface area contributed by atoms with E-state index in [0.717, 1.165) is 25.4 Å². The summed E-state index contributed by atoms with van der Waals surface area (Å²) in [5.74, 6) is 0.847. The molecule has 0 unspecified atom stereocenters. The van der Waals surface area contributed by atoms with E-state index in [0.29, 0.717) is 12.5 Å². The normalized spacial score (nSPS) is 25.8. The third-order valence-corrected chi connectivity index (χ3v) is 4.08. The Kier molecular flexibility index (Phi) is 6.07. The molecule has 0 bridgehead atoms. The van der Waals surface area contributed by atoms with Crippen molar-refractivity contribution in [2.75, 3.05) is 19.8 Å². The highest BCUT2D eigenvalue weighted by molar-refractivity contribution is 5.29. The van der Waals surface area contributed by atoms with Crippen molar-refractivity contribution >= 4 is 0 Å². The lowest BCUT2D eigenvalue weighted by molar-refractivity contribution is -0.266. The van der Waals surface area contributed by atoms with Crippen LogP contribution in [0.4, 0.5) is 0 Å². The van der Waals surface area contributed by atoms with Gasteiger partial charge < -0.3 is 14.2 Å². The molecule has 1 aliphatic heterocycles. The third-order valence-electron chi connectivity index (χ3n) is 4.08. The van der Waals surface area contributed by atoms with Crippen molar-refractivity contribution in [3.63, 3.8) is 0 Å². The van der Waals surface area contributed by atoms with Gasteiger partial charge in [-0.1, -0.05) is 31.9 Å². The fourth-order valence-electron chi connectivity index (χ4n) is 2.68. The van der Waals surface area contributed by atoms with Gasteiger partial charge in [0.2, 0.25) is 0 Å². The van der Waals surface area contributed by atoms with Crippen molar-refractivity contribution in [1.29, 1.82) is 0 Å². The van der Waals surface area contributed by atoms with Crippen LogP contribution in [0.15, 0.2) is 24.3 Å². The molecule has 1 aromatic rings. The summed E-state index contributed by atoms with van der Waals surface area (Å²) in [6.45, 7) is 8.44. The van der Waals surface area contributed by atoms with E-state index in [-0.39, 0.29) is 0 Å². The maximum absolute atomic E-state index is 6.00. The Bertz CT molecular complexity index is 405. The van der Waals surface area contributed by atoms with E-state index in [4.69, 9.17) is 14.2 Å². The molecule has 0 spiro atoms. The van der Waals surface area contributed by atoms with Crippen LogP contribution in [0.2, 0.25) is 0 Å². The van der Waals surface area contributed by atoms with Gasteiger partial charge >= 0.3 is 0 Å². The van der Waals surface area contributed by atoms with Crippen molar-refractivity contribution < 1.29 is 14.2 Å². The summed E-state index contributed by atoms with van der Waals surface area (Å²) in [5.41, 5.74) is 1.26. The number of ether oxygens (including phenoxy) is 3. The van der Waals surface area contributed by atoms with Gasteiger partial charge in [0.25, 0.3) is 0 Å². The Morgan fingerprint density at radius 2 is 1.76 bits per heavy atom. The largest absolute Gasteiger partial charge is 0.494 e. The molecule has 2 rings (SSSR count). The maximum atomic E-state index is 6.00. The molecule has 0 atom stereocenters. The predicted molar refractivity (Wildman–Crippen MR) is 84.8 cm³/mol. The second-order valence-corrected chi connectivity index (χ2v) is 5.91. The van der Waals surface area contributed by atoms with E-state index < -0.39 is 5.79 Å². The average Bonchev–Trinajstić information content (AvgIpc) is 2.50. The Hall–Kier alpha value is -1.06. The standard InChI is InChI=1S/C18H28O3/c1-4-6-7-12-18(3)20-13-16(14-21-18)15-8-10-17(11-9-15)19-5-2/h8-11,16H,4-7,12-14H2,1-3H3. The Morgan fingerprint density at radius 3 is 2.33 bits per heavy atom. The van der Waals surface area contributed by atoms with Crippen molar-refractivity contribution in [3.8, 4) is 5.75 Å². The highest BCUT2D eigenvalue weighted by Crippen LogP contribution is 2.31. The summed E-state index contributed by atoms with van der Waals surface area (Å²) in [7, 11) is 0. The van der Waals surface area contributed by atoms with Crippen molar-refractivity contribution in [1.82, 2.24) is 0 Å². The van der Waals surface area contributed by atoms with Gasteiger partial charge in [0, 0.05) is 12.3 Å². The van der Waals surface area contributed by atoms with E-state index in [9.17, 15) is 0 Å². The van der Waals surface area contributed by atoms with Crippen LogP contribution in [-0.4, -0.2) is 25.6 Å². The van der Waals surface area contributed by atoms with Crippen molar-refractivity contribution in [2.24, 2.45) is 0 Å². The maximum Gasteiger partial charge on any atom is 0.165 e. The molecule has 0 saturated carbocycles. The van der Waals surface area contributed by atoms with Gasteiger partial charge in [0.05, 0.1) is 19.8 Å². The number of hydrogen-bond donors (Lipinski definition) is 0. The van der Waals surface area contributed by atoms with Crippen LogP contribution in [0.1, 0.15) is 57.9 Å². The first-order valence-electron chi connectivity index (χ1n) is 8.17. The Balaban J connectivity index is 1.85. The van der Waals surface area contributed by atoms with Gasteiger partial charge in [0.15, 0.2) is 5.79 Å². The number of hydrogen-bond acceptors (Lipinski definition) is 3. The summed E-state index contributed by atoms with van der Waals surface area (Å²) in [4.78, 5) is 0. The first-order chi connectivity index (χ1) is 10.2. The van der Waals surface area contributed by atoms with Gasteiger partial charge in [-0.15, -0.1) is 0 Å². The fraction of sp³-hybridized carbons (Fsp3) is 0.667. The molecular weight excluding hydrogens is 264 g/mol. The Morgan fingerprint density at radius 1 is 1.10 bits per heavy atom. The van der Waals surface area contributed by atoms with Crippen molar-refractivity contribution in [3.05, 3.63) is 29.8 Å². The molecule has 118 valence electrons. The second kappa shape index (κ2) is 7.81. The van der Waals surface area contributed by atoms with Crippen LogP contribution in [-0.2, 0) is 9.47 Å². The molecule has 1 saturated heterocycles. The monoisotopic (exact) mass is 292 g/mol. The fourth-order valence-corrected chi connectivity index (χ4v) is 2.68. The van der Waals surface area contributed by atoms with Crippen LogP contribution in [0.25, 0.3) is 0 Å². The molecule has 0 aromatic heterocycles. The Labute approximate surface area is 128 Å². The lowest BCUT2D eigenvalue weighted by Gasteiger charge is -2.38. The van der Waals surface area contributed by atoms with Gasteiger partial charge in [0.1, 0.15) is 5.75 Å². The highest BCUT2D eigenvalue weighted by Gasteiger charge is 2.32. The van der Waals surface area contributed by atoms with Gasteiger partial charge in [-0.3, -0.25) is 0 Å². The van der Waals surface area contributed by atoms with Crippen molar-refractivity contribution in [2.45, 2.75) is 58.2 Å². The van der Waals surface area contributed by atoms with Gasteiger partial charge in [-0.2, -0.15) is 0 Å². The molecule has 3 nitrogen and oxygen atoms in total. The molecule has 0 radical (unpaired) electrons. The molecule has 0 N–H and O–H groups in total. The zero-order valence-corrected chi connectivity index (χ0v) is 13.6. The van der Waals surface area contributed by atoms with Crippen LogP contribution in [0.3, 0.4) is 0 Å². The minimum absolute atomic E-state index is 0.319. The minimum Gasteiger partial charge on any atom is -0.494 e. The molecule has 1 fully saturated rings. The van der Waals surface area contributed by atoms with Crippen LogP contribution < -0.4 is 4.74 Å². The molecule has 0 amide bonds. The lowest BCUT2D eigenvalue weighted by Crippen LogP contribution is -2.40. The zero-order valence-electron chi connectivity index (χ0n) is 13.6. The first-order valence-corrected chi connectivity index (χ1v) is 8.17. The second-order valence-electron chi connectivity index (χ2n) is 5.91. The molecule has 1 aromatic carbocycles. The molecule has 21 heavy (non-hydrogen) atoms. The summed E-state index contributed by atoms with van der Waals surface area (Å²) in [5, 5.41) is 0. The van der Waals surface area contributed by atoms with E-state index >= 15 is 0 Å². The average molecular weight is 292 g/mol. The third kappa shape index (κ3) is 4.72. The first kappa shape index (κ1) is 16.3. The molecular formula is C18H28O3. The predicted octanol–water partition coefficient (Wildman–Crippen LogP) is 4.51. The number of benzene rings is 1. The minimum atomic E-state index is -0.392. The summed E-state index contributed by atoms with van der Waals surface area (Å²) < 4.78 is 17.5. The quantitative estimate of drug-likeness (QED) is 0.692. The van der Waals surface area contributed by atoms with Crippen LogP contribution >= 0.6 is 0 Å². The molecule has 0 aliphatic carbocycles. The smallest absolute Gasteiger partial charge is 0.165 e. The number of rotatable bonds is 7. The van der Waals surface area contributed by atoms with Crippen LogP contribution in [0, 0.1) is 0 Å². The summed E-state index contributed by atoms with van der Waals surface area (Å²) in [6, 6.07) is 8.27. The zero-order chi connectivity index (χ0) is 15.1. The topological polar surface area (TPSA) is 27.7 Å². The van der Waals surface area contributed by atoms with E-state index in [1.54, 1.807) is 0 Å². The number of unbranched alkanes of at least 4 members (excludes halogenated alkanes) is 2. The molecule has 1 heterocycles. The van der Waals surface area contributed by atoms with E-state index in [1.807, 2.05) is 19.1 Å². The van der Waals surface area contributed by atoms with Gasteiger partial charge in [-0.25, -0.2) is 0 Å². The van der Waals surface area contributed by atoms with E-state index in [1.165, 1.54) is 24.8 Å². The van der Waals surface area contributed by atoms with Gasteiger partial charge in [-0.05, 0) is 38.0 Å². The SMILES string of the molecule is CCCCCC1(C)OCC(c2ccc(OCC)cc2)CO1. The summed E-state index contributed by atoms with van der Waals surface area (Å²) in [6.07, 6.45) is 4.62. The molecule has 1 aliphatic rings. The highest BCUT2D eigenvalue weighted by atomic mass is 16.7. The van der Waals surface area contributed by atoms with Crippen LogP contribution in [0.5, 0.6) is 5.75 Å².